The molecular formula is C23H22O5. The standard InChI is InChI=1S/C23H22O5/c1-4-18(3)25-14-15-26-21-10-6-19(7-11-21)20-8-12-22(13-9-20)27-16-17-28-23(24)5-2/h4-10,12-17,21H,1-3,11H2/b15-14-,17-16-. The number of allylic oxidation sites excluding steroid dienone is 3. The summed E-state index contributed by atoms with van der Waals surface area (Å²) in [5, 5.41) is 0. The maximum absolute atomic E-state index is 10.9. The second-order valence-corrected chi connectivity index (χ2v) is 5.54. The topological polar surface area (TPSA) is 54.0 Å². The summed E-state index contributed by atoms with van der Waals surface area (Å²) in [4.78, 5) is 10.9. The van der Waals surface area contributed by atoms with Crippen molar-refractivity contribution in [1.29, 1.82) is 0 Å². The highest BCUT2D eigenvalue weighted by atomic mass is 16.5. The molecule has 0 heterocycles. The number of benzene rings is 1. The summed E-state index contributed by atoms with van der Waals surface area (Å²) in [5.74, 6) is 0.545. The zero-order chi connectivity index (χ0) is 20.2. The van der Waals surface area contributed by atoms with Crippen molar-refractivity contribution in [2.24, 2.45) is 0 Å². The van der Waals surface area contributed by atoms with E-state index >= 15 is 0 Å². The van der Waals surface area contributed by atoms with E-state index in [1.165, 1.54) is 24.9 Å². The minimum Gasteiger partial charge on any atom is -0.490 e. The molecule has 144 valence electrons. The molecule has 1 aromatic rings. The van der Waals surface area contributed by atoms with Crippen molar-refractivity contribution in [3.05, 3.63) is 111 Å². The molecule has 5 heteroatoms. The van der Waals surface area contributed by atoms with Gasteiger partial charge in [0.05, 0.1) is 0 Å². The number of hydrogen-bond acceptors (Lipinski definition) is 5. The molecule has 1 atom stereocenters. The van der Waals surface area contributed by atoms with Crippen molar-refractivity contribution in [2.45, 2.75) is 12.5 Å². The van der Waals surface area contributed by atoms with E-state index in [-0.39, 0.29) is 6.10 Å². The molecule has 0 bridgehead atoms. The largest absolute Gasteiger partial charge is 0.490 e. The molecule has 0 radical (unpaired) electrons. The molecule has 0 saturated carbocycles. The van der Waals surface area contributed by atoms with Crippen molar-refractivity contribution in [3.63, 3.8) is 0 Å². The Morgan fingerprint density at radius 1 is 1.00 bits per heavy atom. The smallest absolute Gasteiger partial charge is 0.335 e. The molecule has 1 aromatic carbocycles. The summed E-state index contributed by atoms with van der Waals surface area (Å²) in [6, 6.07) is 7.56. The summed E-state index contributed by atoms with van der Waals surface area (Å²) < 4.78 is 20.8. The molecule has 0 fully saturated rings. The molecule has 0 N–H and O–H groups in total. The normalized spacial score (nSPS) is 15.7. The van der Waals surface area contributed by atoms with E-state index in [4.69, 9.17) is 14.2 Å². The quantitative estimate of drug-likeness (QED) is 0.243. The molecule has 0 aromatic heterocycles. The summed E-state index contributed by atoms with van der Waals surface area (Å²) in [5.41, 5.74) is 2.16. The van der Waals surface area contributed by atoms with Crippen LogP contribution in [0.15, 0.2) is 105 Å². The van der Waals surface area contributed by atoms with E-state index in [1.807, 2.05) is 36.4 Å². The number of ether oxygens (including phenoxy) is 4. The van der Waals surface area contributed by atoms with Crippen LogP contribution in [-0.4, -0.2) is 12.1 Å². The average molecular weight is 378 g/mol. The molecule has 0 amide bonds. The molecule has 0 aliphatic heterocycles. The van der Waals surface area contributed by atoms with Crippen LogP contribution in [0.2, 0.25) is 0 Å². The fourth-order valence-corrected chi connectivity index (χ4v) is 2.19. The molecule has 2 rings (SSSR count). The Hall–Kier alpha value is -3.73. The van der Waals surface area contributed by atoms with Crippen LogP contribution in [0.5, 0.6) is 5.75 Å². The number of carbonyl (C=O) groups is 1. The first-order valence-electron chi connectivity index (χ1n) is 8.54. The van der Waals surface area contributed by atoms with Crippen LogP contribution in [0.4, 0.5) is 0 Å². The first-order valence-corrected chi connectivity index (χ1v) is 8.54. The van der Waals surface area contributed by atoms with E-state index in [0.717, 1.165) is 29.9 Å². The monoisotopic (exact) mass is 378 g/mol. The van der Waals surface area contributed by atoms with Crippen molar-refractivity contribution >= 4 is 11.5 Å². The van der Waals surface area contributed by atoms with Crippen molar-refractivity contribution in [2.75, 3.05) is 0 Å². The first-order chi connectivity index (χ1) is 13.6. The average Bonchev–Trinajstić information content (AvgIpc) is 2.74. The second kappa shape index (κ2) is 11.1. The Morgan fingerprint density at radius 3 is 2.39 bits per heavy atom. The SMILES string of the molecule is C=CC(=C)O/C=C\OC1C=CC(c2ccc(O/C=C\OC(=O)C=C)cc2)=CC1. The molecule has 0 spiro atoms. The van der Waals surface area contributed by atoms with Gasteiger partial charge < -0.3 is 18.9 Å². The second-order valence-electron chi connectivity index (χ2n) is 5.54. The summed E-state index contributed by atoms with van der Waals surface area (Å²) in [6.07, 6.45) is 14.8. The maximum Gasteiger partial charge on any atom is 0.335 e. The Bertz CT molecular complexity index is 825. The van der Waals surface area contributed by atoms with Crippen LogP contribution in [0.25, 0.3) is 5.57 Å². The number of carbonyl (C=O) groups excluding carboxylic acids is 1. The predicted molar refractivity (Wildman–Crippen MR) is 109 cm³/mol. The third kappa shape index (κ3) is 6.88. The molecule has 1 aliphatic carbocycles. The van der Waals surface area contributed by atoms with Crippen LogP contribution in [-0.2, 0) is 19.0 Å². The van der Waals surface area contributed by atoms with Gasteiger partial charge in [-0.15, -0.1) is 0 Å². The van der Waals surface area contributed by atoms with Crippen molar-refractivity contribution in [3.8, 4) is 5.75 Å². The van der Waals surface area contributed by atoms with Gasteiger partial charge >= 0.3 is 5.97 Å². The van der Waals surface area contributed by atoms with Crippen molar-refractivity contribution in [1.82, 2.24) is 0 Å². The molecular weight excluding hydrogens is 356 g/mol. The Morgan fingerprint density at radius 2 is 1.75 bits per heavy atom. The predicted octanol–water partition coefficient (Wildman–Crippen LogP) is 5.18. The molecule has 1 unspecified atom stereocenters. The van der Waals surface area contributed by atoms with Gasteiger partial charge in [-0.1, -0.05) is 44.0 Å². The molecule has 1 aliphatic rings. The van der Waals surface area contributed by atoms with Crippen LogP contribution >= 0.6 is 0 Å². The van der Waals surface area contributed by atoms with E-state index in [1.54, 1.807) is 0 Å². The highest BCUT2D eigenvalue weighted by molar-refractivity contribution is 5.81. The highest BCUT2D eigenvalue weighted by Crippen LogP contribution is 2.24. The summed E-state index contributed by atoms with van der Waals surface area (Å²) in [7, 11) is 0. The van der Waals surface area contributed by atoms with Crippen LogP contribution < -0.4 is 4.74 Å². The molecule has 0 saturated heterocycles. The van der Waals surface area contributed by atoms with Gasteiger partial charge in [-0.2, -0.15) is 0 Å². The van der Waals surface area contributed by atoms with E-state index < -0.39 is 5.97 Å². The number of hydrogen-bond donors (Lipinski definition) is 0. The highest BCUT2D eigenvalue weighted by Gasteiger charge is 2.09. The number of rotatable bonds is 10. The van der Waals surface area contributed by atoms with E-state index in [2.05, 4.69) is 30.5 Å². The molecule has 5 nitrogen and oxygen atoms in total. The van der Waals surface area contributed by atoms with Gasteiger partial charge in [-0.3, -0.25) is 0 Å². The van der Waals surface area contributed by atoms with Gasteiger partial charge in [-0.25, -0.2) is 4.79 Å². The van der Waals surface area contributed by atoms with Crippen LogP contribution in [0, 0.1) is 0 Å². The van der Waals surface area contributed by atoms with Crippen LogP contribution in [0.1, 0.15) is 12.0 Å². The zero-order valence-corrected chi connectivity index (χ0v) is 15.5. The maximum atomic E-state index is 10.9. The minimum absolute atomic E-state index is 0.0494. The summed E-state index contributed by atoms with van der Waals surface area (Å²) >= 11 is 0. The van der Waals surface area contributed by atoms with Gasteiger partial charge in [0.1, 0.15) is 42.7 Å². The van der Waals surface area contributed by atoms with Crippen molar-refractivity contribution < 1.29 is 23.7 Å². The fourth-order valence-electron chi connectivity index (χ4n) is 2.19. The minimum atomic E-state index is -0.543. The molecule has 28 heavy (non-hydrogen) atoms. The number of esters is 1. The fraction of sp³-hybridized carbons (Fsp3) is 0.0870. The Labute approximate surface area is 164 Å². The zero-order valence-electron chi connectivity index (χ0n) is 15.5. The first kappa shape index (κ1) is 20.6. The van der Waals surface area contributed by atoms with Gasteiger partial charge in [0.2, 0.25) is 0 Å². The Balaban J connectivity index is 1.81. The lowest BCUT2D eigenvalue weighted by Crippen LogP contribution is -2.07. The van der Waals surface area contributed by atoms with Gasteiger partial charge in [0.15, 0.2) is 0 Å². The van der Waals surface area contributed by atoms with Gasteiger partial charge in [0, 0.05) is 12.5 Å². The van der Waals surface area contributed by atoms with Crippen LogP contribution in [0.3, 0.4) is 0 Å². The third-order valence-electron chi connectivity index (χ3n) is 3.61. The summed E-state index contributed by atoms with van der Waals surface area (Å²) in [6.45, 7) is 10.5. The Kier molecular flexibility index (Phi) is 8.15. The lowest BCUT2D eigenvalue weighted by molar-refractivity contribution is -0.132. The van der Waals surface area contributed by atoms with Gasteiger partial charge in [-0.05, 0) is 35.4 Å². The van der Waals surface area contributed by atoms with E-state index in [0.29, 0.717) is 11.5 Å². The van der Waals surface area contributed by atoms with E-state index in [9.17, 15) is 4.79 Å². The van der Waals surface area contributed by atoms with Gasteiger partial charge in [0.25, 0.3) is 0 Å². The third-order valence-corrected chi connectivity index (χ3v) is 3.61. The lowest BCUT2D eigenvalue weighted by atomic mass is 9.98. The lowest BCUT2D eigenvalue weighted by Gasteiger charge is -2.16.